The second kappa shape index (κ2) is 8.40. The fourth-order valence-electron chi connectivity index (χ4n) is 3.86. The summed E-state index contributed by atoms with van der Waals surface area (Å²) in [5.74, 6) is -1.66. The van der Waals surface area contributed by atoms with Gasteiger partial charge in [0.25, 0.3) is 11.7 Å². The maximum Gasteiger partial charge on any atom is 0.300 e. The van der Waals surface area contributed by atoms with Crippen molar-refractivity contribution in [3.8, 4) is 11.5 Å². The number of hydrogen-bond donors (Lipinski definition) is 2. The Hall–Kier alpha value is -3.77. The minimum Gasteiger partial charge on any atom is -0.508 e. The van der Waals surface area contributed by atoms with Gasteiger partial charge < -0.3 is 14.9 Å². The lowest BCUT2D eigenvalue weighted by Gasteiger charge is -2.25. The van der Waals surface area contributed by atoms with Crippen molar-refractivity contribution in [2.45, 2.75) is 13.0 Å². The molecule has 0 aliphatic carbocycles. The van der Waals surface area contributed by atoms with Gasteiger partial charge in [0, 0.05) is 10.7 Å². The number of halogens is 1. The number of ketones is 1. The number of aryl methyl sites for hydroxylation is 1. The van der Waals surface area contributed by atoms with Gasteiger partial charge in [0.2, 0.25) is 0 Å². The standard InChI is InChI=1S/C25H20ClNO5/c1-14-6-11-20(32-2)19(12-14)23(29)21-22(15-4-3-5-18(28)13-15)27(25(31)24(21)30)17-9-7-16(26)8-10-17/h3-13,22,28-29H,1-2H3/b23-21+. The Bertz CT molecular complexity index is 1250. The lowest BCUT2D eigenvalue weighted by molar-refractivity contribution is -0.132. The number of carbonyl (C=O) groups excluding carboxylic acids is 2. The highest BCUT2D eigenvalue weighted by atomic mass is 35.5. The summed E-state index contributed by atoms with van der Waals surface area (Å²) < 4.78 is 5.37. The van der Waals surface area contributed by atoms with Gasteiger partial charge in [0.05, 0.1) is 24.3 Å². The van der Waals surface area contributed by atoms with Crippen LogP contribution in [-0.4, -0.2) is 29.0 Å². The highest BCUT2D eigenvalue weighted by Gasteiger charge is 2.47. The van der Waals surface area contributed by atoms with Crippen molar-refractivity contribution in [3.05, 3.63) is 94.0 Å². The first-order valence-electron chi connectivity index (χ1n) is 9.82. The Morgan fingerprint density at radius 3 is 2.41 bits per heavy atom. The van der Waals surface area contributed by atoms with Crippen LogP contribution in [0.3, 0.4) is 0 Å². The van der Waals surface area contributed by atoms with Crippen molar-refractivity contribution in [1.82, 2.24) is 0 Å². The van der Waals surface area contributed by atoms with Crippen LogP contribution in [0.1, 0.15) is 22.7 Å². The Balaban J connectivity index is 1.99. The largest absolute Gasteiger partial charge is 0.508 e. The quantitative estimate of drug-likeness (QED) is 0.333. The number of aliphatic hydroxyl groups is 1. The van der Waals surface area contributed by atoms with Crippen molar-refractivity contribution in [1.29, 1.82) is 0 Å². The Morgan fingerprint density at radius 2 is 1.75 bits per heavy atom. The zero-order chi connectivity index (χ0) is 23.0. The number of nitrogens with zero attached hydrogens (tertiary/aromatic N) is 1. The molecule has 1 amide bonds. The van der Waals surface area contributed by atoms with Crippen molar-refractivity contribution < 1.29 is 24.5 Å². The van der Waals surface area contributed by atoms with Gasteiger partial charge in [0.15, 0.2) is 0 Å². The first-order chi connectivity index (χ1) is 15.3. The average Bonchev–Trinajstić information content (AvgIpc) is 3.04. The number of benzene rings is 3. The topological polar surface area (TPSA) is 87.1 Å². The van der Waals surface area contributed by atoms with Crippen LogP contribution >= 0.6 is 11.6 Å². The number of aromatic hydroxyl groups is 1. The van der Waals surface area contributed by atoms with E-state index in [0.29, 0.717) is 27.6 Å². The monoisotopic (exact) mass is 449 g/mol. The third kappa shape index (κ3) is 3.69. The van der Waals surface area contributed by atoms with Gasteiger partial charge in [-0.2, -0.15) is 0 Å². The molecule has 0 spiro atoms. The van der Waals surface area contributed by atoms with Crippen molar-refractivity contribution >= 4 is 34.7 Å². The normalized spacial score (nSPS) is 17.6. The second-order valence-corrected chi connectivity index (χ2v) is 7.88. The lowest BCUT2D eigenvalue weighted by atomic mass is 9.94. The number of phenolic OH excluding ortho intramolecular Hbond substituents is 1. The zero-order valence-electron chi connectivity index (χ0n) is 17.4. The number of aliphatic hydroxyl groups excluding tert-OH is 1. The molecule has 0 radical (unpaired) electrons. The van der Waals surface area contributed by atoms with Crippen LogP contribution in [0.15, 0.2) is 72.3 Å². The minimum absolute atomic E-state index is 0.0303. The Morgan fingerprint density at radius 1 is 1.03 bits per heavy atom. The van der Waals surface area contributed by atoms with Crippen LogP contribution in [-0.2, 0) is 9.59 Å². The number of Topliss-reactive ketones (excluding diaryl/α,β-unsaturated/α-hetero) is 1. The number of hydrogen-bond acceptors (Lipinski definition) is 5. The van der Waals surface area contributed by atoms with Gasteiger partial charge in [-0.1, -0.05) is 35.4 Å². The van der Waals surface area contributed by atoms with Crippen LogP contribution < -0.4 is 9.64 Å². The molecule has 3 aromatic rings. The molecule has 7 heteroatoms. The first-order valence-corrected chi connectivity index (χ1v) is 10.2. The summed E-state index contributed by atoms with van der Waals surface area (Å²) in [4.78, 5) is 27.6. The van der Waals surface area contributed by atoms with E-state index >= 15 is 0 Å². The van der Waals surface area contributed by atoms with E-state index in [0.717, 1.165) is 5.56 Å². The molecule has 1 saturated heterocycles. The van der Waals surface area contributed by atoms with Crippen LogP contribution in [0.4, 0.5) is 5.69 Å². The SMILES string of the molecule is COc1ccc(C)cc1/C(O)=C1\C(=O)C(=O)N(c2ccc(Cl)cc2)C1c1cccc(O)c1. The minimum atomic E-state index is -0.964. The summed E-state index contributed by atoms with van der Waals surface area (Å²) in [7, 11) is 1.46. The highest BCUT2D eigenvalue weighted by Crippen LogP contribution is 2.44. The van der Waals surface area contributed by atoms with Crippen LogP contribution in [0, 0.1) is 6.92 Å². The smallest absolute Gasteiger partial charge is 0.300 e. The Labute approximate surface area is 189 Å². The van der Waals surface area contributed by atoms with Crippen molar-refractivity contribution in [2.75, 3.05) is 12.0 Å². The van der Waals surface area contributed by atoms with E-state index in [1.165, 1.54) is 24.1 Å². The van der Waals surface area contributed by atoms with E-state index in [-0.39, 0.29) is 17.1 Å². The van der Waals surface area contributed by atoms with Gasteiger partial charge in [-0.15, -0.1) is 0 Å². The van der Waals surface area contributed by atoms with E-state index in [2.05, 4.69) is 0 Å². The molecule has 1 fully saturated rings. The number of amides is 1. The number of carbonyl (C=O) groups is 2. The molecule has 2 N–H and O–H groups in total. The summed E-state index contributed by atoms with van der Waals surface area (Å²) in [5, 5.41) is 21.8. The second-order valence-electron chi connectivity index (χ2n) is 7.44. The molecule has 162 valence electrons. The number of phenols is 1. The predicted molar refractivity (Wildman–Crippen MR) is 122 cm³/mol. The molecule has 0 aromatic heterocycles. The fourth-order valence-corrected chi connectivity index (χ4v) is 3.99. The van der Waals surface area contributed by atoms with E-state index in [9.17, 15) is 19.8 Å². The Kier molecular flexibility index (Phi) is 5.63. The van der Waals surface area contributed by atoms with Crippen molar-refractivity contribution in [3.63, 3.8) is 0 Å². The molecule has 1 aliphatic heterocycles. The van der Waals surface area contributed by atoms with E-state index in [1.807, 2.05) is 13.0 Å². The van der Waals surface area contributed by atoms with Crippen LogP contribution in [0.5, 0.6) is 11.5 Å². The summed E-state index contributed by atoms with van der Waals surface area (Å²) >= 11 is 6.00. The predicted octanol–water partition coefficient (Wildman–Crippen LogP) is 4.99. The number of ether oxygens (including phenoxy) is 1. The van der Waals surface area contributed by atoms with Gasteiger partial charge in [-0.05, 0) is 61.0 Å². The molecular weight excluding hydrogens is 430 g/mol. The number of rotatable bonds is 4. The average molecular weight is 450 g/mol. The maximum atomic E-state index is 13.2. The molecular formula is C25H20ClNO5. The lowest BCUT2D eigenvalue weighted by Crippen LogP contribution is -2.29. The van der Waals surface area contributed by atoms with Crippen LogP contribution in [0.2, 0.25) is 5.02 Å². The molecule has 6 nitrogen and oxygen atoms in total. The molecule has 4 rings (SSSR count). The highest BCUT2D eigenvalue weighted by molar-refractivity contribution is 6.51. The maximum absolute atomic E-state index is 13.2. The van der Waals surface area contributed by atoms with Gasteiger partial charge >= 0.3 is 0 Å². The fraction of sp³-hybridized carbons (Fsp3) is 0.120. The van der Waals surface area contributed by atoms with Gasteiger partial charge in [0.1, 0.15) is 17.3 Å². The third-order valence-corrected chi connectivity index (χ3v) is 5.60. The van der Waals surface area contributed by atoms with Crippen LogP contribution in [0.25, 0.3) is 5.76 Å². The third-order valence-electron chi connectivity index (χ3n) is 5.35. The summed E-state index contributed by atoms with van der Waals surface area (Å²) in [6, 6.07) is 16.9. The summed E-state index contributed by atoms with van der Waals surface area (Å²) in [6.07, 6.45) is 0. The molecule has 0 saturated carbocycles. The molecule has 1 aliphatic rings. The first kappa shape index (κ1) is 21.5. The van der Waals surface area contributed by atoms with Gasteiger partial charge in [-0.25, -0.2) is 0 Å². The molecule has 1 atom stereocenters. The van der Waals surface area contributed by atoms with Crippen molar-refractivity contribution in [2.24, 2.45) is 0 Å². The van der Waals surface area contributed by atoms with E-state index in [1.54, 1.807) is 48.5 Å². The molecule has 0 bridgehead atoms. The zero-order valence-corrected chi connectivity index (χ0v) is 18.1. The number of methoxy groups -OCH3 is 1. The number of anilines is 1. The summed E-state index contributed by atoms with van der Waals surface area (Å²) in [5.41, 5.74) is 1.94. The van der Waals surface area contributed by atoms with Gasteiger partial charge in [-0.3, -0.25) is 14.5 Å². The van der Waals surface area contributed by atoms with E-state index < -0.39 is 17.7 Å². The molecule has 1 unspecified atom stereocenters. The summed E-state index contributed by atoms with van der Waals surface area (Å²) in [6.45, 7) is 1.84. The molecule has 3 aromatic carbocycles. The van der Waals surface area contributed by atoms with E-state index in [4.69, 9.17) is 16.3 Å². The molecule has 32 heavy (non-hydrogen) atoms. The molecule has 1 heterocycles.